The van der Waals surface area contributed by atoms with Crippen molar-refractivity contribution in [1.29, 1.82) is 0 Å². The second-order valence-electron chi connectivity index (χ2n) is 4.17. The molecule has 7 nitrogen and oxygen atoms in total. The number of nitrogens with one attached hydrogen (secondary N) is 2. The van der Waals surface area contributed by atoms with Crippen molar-refractivity contribution in [1.82, 2.24) is 10.3 Å². The van der Waals surface area contributed by atoms with Crippen LogP contribution in [0.1, 0.15) is 5.56 Å². The molecule has 0 bridgehead atoms. The maximum Gasteiger partial charge on any atom is 0.319 e. The van der Waals surface area contributed by atoms with Crippen molar-refractivity contribution < 1.29 is 17.8 Å². The highest BCUT2D eigenvalue weighted by molar-refractivity contribution is 7.85. The van der Waals surface area contributed by atoms with Gasteiger partial charge in [-0.2, -0.15) is 8.42 Å². The van der Waals surface area contributed by atoms with E-state index in [0.717, 1.165) is 5.56 Å². The van der Waals surface area contributed by atoms with E-state index in [2.05, 4.69) is 15.6 Å². The summed E-state index contributed by atoms with van der Waals surface area (Å²) in [5, 5.41) is 5.18. The summed E-state index contributed by atoms with van der Waals surface area (Å²) in [5.41, 5.74) is 1.26. The molecule has 0 unspecified atom stereocenters. The van der Waals surface area contributed by atoms with E-state index in [1.54, 1.807) is 18.5 Å². The predicted octanol–water partition coefficient (Wildman–Crippen LogP) is 1.65. The minimum Gasteiger partial charge on any atom is -0.334 e. The number of hydrogen-bond acceptors (Lipinski definition) is 4. The van der Waals surface area contributed by atoms with Gasteiger partial charge in [0.15, 0.2) is 0 Å². The molecule has 8 heteroatoms. The highest BCUT2D eigenvalue weighted by atomic mass is 32.2. The number of hydrogen-bond donors (Lipinski definition) is 3. The van der Waals surface area contributed by atoms with Gasteiger partial charge in [0.25, 0.3) is 10.1 Å². The largest absolute Gasteiger partial charge is 0.334 e. The van der Waals surface area contributed by atoms with Gasteiger partial charge in [-0.05, 0) is 35.9 Å². The van der Waals surface area contributed by atoms with Crippen LogP contribution in [0.2, 0.25) is 0 Å². The Hall–Kier alpha value is -2.45. The maximum atomic E-state index is 11.7. The van der Waals surface area contributed by atoms with Crippen molar-refractivity contribution in [3.63, 3.8) is 0 Å². The van der Waals surface area contributed by atoms with Crippen molar-refractivity contribution in [2.75, 3.05) is 5.32 Å². The zero-order chi connectivity index (χ0) is 15.3. The van der Waals surface area contributed by atoms with E-state index in [0.29, 0.717) is 12.2 Å². The van der Waals surface area contributed by atoms with Crippen molar-refractivity contribution in [3.05, 3.63) is 54.4 Å². The summed E-state index contributed by atoms with van der Waals surface area (Å²) >= 11 is 0. The van der Waals surface area contributed by atoms with Crippen LogP contribution in [0.5, 0.6) is 0 Å². The van der Waals surface area contributed by atoms with E-state index < -0.39 is 16.1 Å². The predicted molar refractivity (Wildman–Crippen MR) is 76.4 cm³/mol. The van der Waals surface area contributed by atoms with E-state index in [1.165, 1.54) is 24.3 Å². The highest BCUT2D eigenvalue weighted by Crippen LogP contribution is 2.13. The first-order valence-corrected chi connectivity index (χ1v) is 7.40. The van der Waals surface area contributed by atoms with E-state index in [-0.39, 0.29) is 4.90 Å². The molecular formula is C13H13N3O4S. The molecule has 1 aromatic carbocycles. The summed E-state index contributed by atoms with van der Waals surface area (Å²) in [6.45, 7) is 0.322. The molecule has 0 spiro atoms. The third-order valence-electron chi connectivity index (χ3n) is 2.59. The van der Waals surface area contributed by atoms with Gasteiger partial charge in [-0.25, -0.2) is 4.79 Å². The minimum atomic E-state index is -4.23. The van der Waals surface area contributed by atoms with Crippen LogP contribution in [-0.4, -0.2) is 24.0 Å². The van der Waals surface area contributed by atoms with Gasteiger partial charge in [-0.15, -0.1) is 0 Å². The fourth-order valence-electron chi connectivity index (χ4n) is 1.57. The summed E-state index contributed by atoms with van der Waals surface area (Å²) in [6, 6.07) is 8.33. The Bertz CT molecular complexity index is 715. The molecule has 21 heavy (non-hydrogen) atoms. The molecule has 0 saturated heterocycles. The number of benzene rings is 1. The molecule has 0 atom stereocenters. The lowest BCUT2D eigenvalue weighted by atomic mass is 10.3. The van der Waals surface area contributed by atoms with Gasteiger partial charge >= 0.3 is 6.03 Å². The van der Waals surface area contributed by atoms with Gasteiger partial charge < -0.3 is 10.6 Å². The van der Waals surface area contributed by atoms with Crippen LogP contribution in [0.15, 0.2) is 53.7 Å². The molecule has 0 aliphatic rings. The Morgan fingerprint density at radius 2 is 1.90 bits per heavy atom. The third-order valence-corrected chi connectivity index (χ3v) is 3.45. The highest BCUT2D eigenvalue weighted by Gasteiger charge is 2.09. The first kappa shape index (κ1) is 14.9. The lowest BCUT2D eigenvalue weighted by Crippen LogP contribution is -2.28. The minimum absolute atomic E-state index is 0.233. The van der Waals surface area contributed by atoms with Crippen LogP contribution in [0.4, 0.5) is 10.5 Å². The lowest BCUT2D eigenvalue weighted by molar-refractivity contribution is 0.251. The van der Waals surface area contributed by atoms with Gasteiger partial charge in [-0.3, -0.25) is 9.54 Å². The fraction of sp³-hybridized carbons (Fsp3) is 0.0769. The van der Waals surface area contributed by atoms with Crippen molar-refractivity contribution >= 4 is 21.8 Å². The molecule has 1 aromatic heterocycles. The summed E-state index contributed by atoms with van der Waals surface area (Å²) in [7, 11) is -4.23. The number of urea groups is 1. The zero-order valence-electron chi connectivity index (χ0n) is 10.9. The molecule has 2 rings (SSSR count). The molecule has 0 saturated carbocycles. The fourth-order valence-corrected chi connectivity index (χ4v) is 2.05. The lowest BCUT2D eigenvalue weighted by Gasteiger charge is -2.07. The number of nitrogens with zero attached hydrogens (tertiary/aromatic N) is 1. The Kier molecular flexibility index (Phi) is 4.51. The number of carbonyl (C=O) groups excluding carboxylic acids is 1. The number of amides is 2. The smallest absolute Gasteiger partial charge is 0.319 e. The second kappa shape index (κ2) is 6.33. The number of aromatic nitrogens is 1. The van der Waals surface area contributed by atoms with Crippen LogP contribution < -0.4 is 10.6 Å². The van der Waals surface area contributed by atoms with Crippen LogP contribution in [0.3, 0.4) is 0 Å². The van der Waals surface area contributed by atoms with Crippen LogP contribution >= 0.6 is 0 Å². The molecule has 1 heterocycles. The molecule has 110 valence electrons. The van der Waals surface area contributed by atoms with E-state index >= 15 is 0 Å². The van der Waals surface area contributed by atoms with Crippen molar-refractivity contribution in [3.8, 4) is 0 Å². The molecular weight excluding hydrogens is 294 g/mol. The SMILES string of the molecule is O=C(NCc1cccnc1)Nc1ccc(S(=O)(=O)O)cc1. The third kappa shape index (κ3) is 4.55. The first-order valence-electron chi connectivity index (χ1n) is 5.96. The van der Waals surface area contributed by atoms with Gasteiger partial charge in [0.05, 0.1) is 4.90 Å². The standard InChI is InChI=1S/C13H13N3O4S/c17-13(15-9-10-2-1-7-14-8-10)16-11-3-5-12(6-4-11)21(18,19)20/h1-8H,9H2,(H2,15,16,17)(H,18,19,20). The van der Waals surface area contributed by atoms with Crippen LogP contribution in [-0.2, 0) is 16.7 Å². The van der Waals surface area contributed by atoms with Crippen LogP contribution in [0.25, 0.3) is 0 Å². The number of rotatable bonds is 4. The summed E-state index contributed by atoms with van der Waals surface area (Å²) in [4.78, 5) is 15.4. The van der Waals surface area contributed by atoms with Gasteiger partial charge in [-0.1, -0.05) is 6.07 Å². The molecule has 0 fully saturated rings. The molecule has 2 aromatic rings. The van der Waals surface area contributed by atoms with Gasteiger partial charge in [0.2, 0.25) is 0 Å². The summed E-state index contributed by atoms with van der Waals surface area (Å²) in [5.74, 6) is 0. The number of pyridine rings is 1. The maximum absolute atomic E-state index is 11.7. The monoisotopic (exact) mass is 307 g/mol. The van der Waals surface area contributed by atoms with Crippen molar-refractivity contribution in [2.45, 2.75) is 11.4 Å². The Morgan fingerprint density at radius 3 is 2.48 bits per heavy atom. The Labute approximate surface area is 121 Å². The van der Waals surface area contributed by atoms with E-state index in [4.69, 9.17) is 4.55 Å². The molecule has 0 aliphatic heterocycles. The average molecular weight is 307 g/mol. The average Bonchev–Trinajstić information content (AvgIpc) is 2.46. The summed E-state index contributed by atoms with van der Waals surface area (Å²) in [6.07, 6.45) is 3.28. The topological polar surface area (TPSA) is 108 Å². The molecule has 0 aliphatic carbocycles. The Morgan fingerprint density at radius 1 is 1.19 bits per heavy atom. The normalized spacial score (nSPS) is 10.9. The molecule has 2 amide bonds. The van der Waals surface area contributed by atoms with Crippen molar-refractivity contribution in [2.24, 2.45) is 0 Å². The zero-order valence-corrected chi connectivity index (χ0v) is 11.7. The van der Waals surface area contributed by atoms with Crippen LogP contribution in [0, 0.1) is 0 Å². The summed E-state index contributed by atoms with van der Waals surface area (Å²) < 4.78 is 30.6. The molecule has 3 N–H and O–H groups in total. The number of anilines is 1. The van der Waals surface area contributed by atoms with E-state index in [9.17, 15) is 13.2 Å². The number of carbonyl (C=O) groups is 1. The van der Waals surface area contributed by atoms with E-state index in [1.807, 2.05) is 6.07 Å². The Balaban J connectivity index is 1.91. The first-order chi connectivity index (χ1) is 9.95. The molecule has 0 radical (unpaired) electrons. The quantitative estimate of drug-likeness (QED) is 0.744. The van der Waals surface area contributed by atoms with Gasteiger partial charge in [0.1, 0.15) is 0 Å². The second-order valence-corrected chi connectivity index (χ2v) is 5.59. The van der Waals surface area contributed by atoms with Gasteiger partial charge in [0, 0.05) is 24.6 Å².